The van der Waals surface area contributed by atoms with Crippen molar-refractivity contribution in [3.8, 4) is 0 Å². The van der Waals surface area contributed by atoms with Gasteiger partial charge in [-0.15, -0.1) is 0 Å². The zero-order valence-electron chi connectivity index (χ0n) is 12.0. The van der Waals surface area contributed by atoms with Gasteiger partial charge in [0.1, 0.15) is 0 Å². The van der Waals surface area contributed by atoms with E-state index >= 15 is 0 Å². The normalized spacial score (nSPS) is 18.4. The van der Waals surface area contributed by atoms with Gasteiger partial charge in [-0.3, -0.25) is 10.1 Å². The second kappa shape index (κ2) is 6.05. The van der Waals surface area contributed by atoms with Crippen LogP contribution in [0.25, 0.3) is 0 Å². The predicted octanol–water partition coefficient (Wildman–Crippen LogP) is 0.981. The van der Waals surface area contributed by atoms with Crippen molar-refractivity contribution in [3.63, 3.8) is 0 Å². The average molecular weight is 286 g/mol. The van der Waals surface area contributed by atoms with Crippen LogP contribution in [0.3, 0.4) is 0 Å². The maximum atomic E-state index is 11.8. The molecule has 1 aromatic heterocycles. The summed E-state index contributed by atoms with van der Waals surface area (Å²) in [7, 11) is 1.81. The molecule has 3 rings (SSSR count). The molecule has 0 bridgehead atoms. The highest BCUT2D eigenvalue weighted by atomic mass is 16.5. The first-order valence-corrected chi connectivity index (χ1v) is 7.06. The maximum Gasteiger partial charge on any atom is 0.240 e. The molecular weight excluding hydrogens is 268 g/mol. The van der Waals surface area contributed by atoms with Gasteiger partial charge in [-0.25, -0.2) is 0 Å². The number of likely N-dealkylation sites (tertiary alicyclic amines) is 1. The Morgan fingerprint density at radius 3 is 2.90 bits per heavy atom. The summed E-state index contributed by atoms with van der Waals surface area (Å²) in [5, 5.41) is 7.14. The van der Waals surface area contributed by atoms with Crippen LogP contribution in [0.15, 0.2) is 34.9 Å². The van der Waals surface area contributed by atoms with Gasteiger partial charge in [0.15, 0.2) is 5.82 Å². The van der Waals surface area contributed by atoms with Gasteiger partial charge >= 0.3 is 0 Å². The Hall–Kier alpha value is -2.21. The maximum absolute atomic E-state index is 11.8. The summed E-state index contributed by atoms with van der Waals surface area (Å²) >= 11 is 0. The first-order valence-electron chi connectivity index (χ1n) is 7.06. The molecule has 1 aromatic carbocycles. The summed E-state index contributed by atoms with van der Waals surface area (Å²) < 4.78 is 5.21. The van der Waals surface area contributed by atoms with Gasteiger partial charge < -0.3 is 9.42 Å². The SMILES string of the molecule is CN1CCC(NCc2nc(Cc3ccccc3)no2)C1=O. The zero-order valence-corrected chi connectivity index (χ0v) is 12.0. The topological polar surface area (TPSA) is 71.3 Å². The van der Waals surface area contributed by atoms with Gasteiger partial charge in [0.2, 0.25) is 11.8 Å². The number of carbonyl (C=O) groups is 1. The van der Waals surface area contributed by atoms with Crippen molar-refractivity contribution in [1.29, 1.82) is 0 Å². The predicted molar refractivity (Wildman–Crippen MR) is 76.4 cm³/mol. The van der Waals surface area contributed by atoms with E-state index in [1.807, 2.05) is 37.4 Å². The number of nitrogens with zero attached hydrogens (tertiary/aromatic N) is 3. The fraction of sp³-hybridized carbons (Fsp3) is 0.400. The molecule has 1 aliphatic rings. The van der Waals surface area contributed by atoms with E-state index in [-0.39, 0.29) is 11.9 Å². The standard InChI is InChI=1S/C15H18N4O2/c1-19-8-7-12(15(19)20)16-10-14-17-13(18-21-14)9-11-5-3-2-4-6-11/h2-6,12,16H,7-10H2,1H3. The Labute approximate surface area is 123 Å². The van der Waals surface area contributed by atoms with Gasteiger partial charge in [0.25, 0.3) is 0 Å². The second-order valence-corrected chi connectivity index (χ2v) is 5.25. The summed E-state index contributed by atoms with van der Waals surface area (Å²) in [5.41, 5.74) is 1.14. The van der Waals surface area contributed by atoms with Crippen LogP contribution in [-0.4, -0.2) is 40.6 Å². The molecule has 6 nitrogen and oxygen atoms in total. The molecule has 110 valence electrons. The molecule has 1 unspecified atom stereocenters. The minimum absolute atomic E-state index is 0.124. The Morgan fingerprint density at radius 2 is 2.19 bits per heavy atom. The molecule has 0 aliphatic carbocycles. The van der Waals surface area contributed by atoms with Crippen molar-refractivity contribution >= 4 is 5.91 Å². The molecule has 6 heteroatoms. The molecular formula is C15H18N4O2. The lowest BCUT2D eigenvalue weighted by molar-refractivity contribution is -0.128. The van der Waals surface area contributed by atoms with Crippen LogP contribution in [0.1, 0.15) is 23.7 Å². The second-order valence-electron chi connectivity index (χ2n) is 5.25. The number of aromatic nitrogens is 2. The monoisotopic (exact) mass is 286 g/mol. The summed E-state index contributed by atoms with van der Waals surface area (Å²) in [6.45, 7) is 1.21. The average Bonchev–Trinajstić information content (AvgIpc) is 3.07. The highest BCUT2D eigenvalue weighted by Gasteiger charge is 2.28. The first kappa shape index (κ1) is 13.8. The molecule has 2 aromatic rings. The summed E-state index contributed by atoms with van der Waals surface area (Å²) in [5.74, 6) is 1.30. The van der Waals surface area contributed by atoms with E-state index in [9.17, 15) is 4.79 Å². The number of nitrogens with one attached hydrogen (secondary N) is 1. The lowest BCUT2D eigenvalue weighted by Crippen LogP contribution is -2.36. The fourth-order valence-electron chi connectivity index (χ4n) is 2.43. The molecule has 1 atom stereocenters. The van der Waals surface area contributed by atoms with E-state index in [0.29, 0.717) is 24.7 Å². The lowest BCUT2D eigenvalue weighted by atomic mass is 10.1. The third kappa shape index (κ3) is 3.28. The summed E-state index contributed by atoms with van der Waals surface area (Å²) in [4.78, 5) is 17.8. The van der Waals surface area contributed by atoms with Crippen LogP contribution in [0.4, 0.5) is 0 Å². The quantitative estimate of drug-likeness (QED) is 0.887. The number of benzene rings is 1. The van der Waals surface area contributed by atoms with Gasteiger partial charge in [-0.2, -0.15) is 4.98 Å². The van der Waals surface area contributed by atoms with Crippen molar-refractivity contribution < 1.29 is 9.32 Å². The number of hydrogen-bond donors (Lipinski definition) is 1. The number of likely N-dealkylation sites (N-methyl/N-ethyl adjacent to an activating group) is 1. The minimum Gasteiger partial charge on any atom is -0.344 e. The van der Waals surface area contributed by atoms with E-state index in [2.05, 4.69) is 15.5 Å². The van der Waals surface area contributed by atoms with Crippen LogP contribution in [0, 0.1) is 0 Å². The molecule has 1 N–H and O–H groups in total. The van der Waals surface area contributed by atoms with Crippen LogP contribution < -0.4 is 5.32 Å². The third-order valence-corrected chi connectivity index (χ3v) is 3.64. The minimum atomic E-state index is -0.139. The summed E-state index contributed by atoms with van der Waals surface area (Å²) in [6, 6.07) is 9.87. The van der Waals surface area contributed by atoms with E-state index in [1.54, 1.807) is 4.90 Å². The van der Waals surface area contributed by atoms with Gasteiger partial charge in [-0.05, 0) is 12.0 Å². The highest BCUT2D eigenvalue weighted by Crippen LogP contribution is 2.10. The Bertz CT molecular complexity index is 611. The Balaban J connectivity index is 1.55. The zero-order chi connectivity index (χ0) is 14.7. The van der Waals surface area contributed by atoms with Crippen LogP contribution in [-0.2, 0) is 17.8 Å². The number of carbonyl (C=O) groups excluding carboxylic acids is 1. The molecule has 1 saturated heterocycles. The van der Waals surface area contributed by atoms with Gasteiger partial charge in [0.05, 0.1) is 12.6 Å². The molecule has 2 heterocycles. The molecule has 1 aliphatic heterocycles. The van der Waals surface area contributed by atoms with Crippen molar-refractivity contribution in [3.05, 3.63) is 47.6 Å². The Kier molecular flexibility index (Phi) is 3.96. The smallest absolute Gasteiger partial charge is 0.240 e. The molecule has 1 amide bonds. The summed E-state index contributed by atoms with van der Waals surface area (Å²) in [6.07, 6.45) is 1.47. The lowest BCUT2D eigenvalue weighted by Gasteiger charge is -2.10. The van der Waals surface area contributed by atoms with Crippen molar-refractivity contribution in [2.45, 2.75) is 25.4 Å². The van der Waals surface area contributed by atoms with E-state index < -0.39 is 0 Å². The van der Waals surface area contributed by atoms with E-state index in [4.69, 9.17) is 4.52 Å². The number of rotatable bonds is 5. The first-order chi connectivity index (χ1) is 10.2. The molecule has 0 saturated carbocycles. The number of amides is 1. The largest absolute Gasteiger partial charge is 0.344 e. The molecule has 0 radical (unpaired) electrons. The van der Waals surface area contributed by atoms with Crippen LogP contribution in [0.2, 0.25) is 0 Å². The van der Waals surface area contributed by atoms with Crippen molar-refractivity contribution in [1.82, 2.24) is 20.4 Å². The third-order valence-electron chi connectivity index (χ3n) is 3.64. The van der Waals surface area contributed by atoms with Crippen LogP contribution in [0.5, 0.6) is 0 Å². The van der Waals surface area contributed by atoms with E-state index in [0.717, 1.165) is 18.5 Å². The van der Waals surface area contributed by atoms with Crippen molar-refractivity contribution in [2.75, 3.05) is 13.6 Å². The molecule has 21 heavy (non-hydrogen) atoms. The van der Waals surface area contributed by atoms with Gasteiger partial charge in [-0.1, -0.05) is 35.5 Å². The number of hydrogen-bond acceptors (Lipinski definition) is 5. The highest BCUT2D eigenvalue weighted by molar-refractivity contribution is 5.83. The van der Waals surface area contributed by atoms with E-state index in [1.165, 1.54) is 0 Å². The molecule has 1 fully saturated rings. The Morgan fingerprint density at radius 1 is 1.38 bits per heavy atom. The van der Waals surface area contributed by atoms with Crippen LogP contribution >= 0.6 is 0 Å². The fourth-order valence-corrected chi connectivity index (χ4v) is 2.43. The van der Waals surface area contributed by atoms with Crippen molar-refractivity contribution in [2.24, 2.45) is 0 Å². The van der Waals surface area contributed by atoms with Gasteiger partial charge in [0, 0.05) is 20.0 Å². The molecule has 0 spiro atoms.